The third kappa shape index (κ3) is 3.83. The van der Waals surface area contributed by atoms with E-state index in [1.165, 1.54) is 37.7 Å². The van der Waals surface area contributed by atoms with E-state index in [-0.39, 0.29) is 0 Å². The van der Waals surface area contributed by atoms with Crippen molar-refractivity contribution >= 4 is 0 Å². The molecule has 2 N–H and O–H groups in total. The average Bonchev–Trinajstić information content (AvgIpc) is 2.92. The number of nitrogens with two attached hydrogens (primary N) is 1. The third-order valence-corrected chi connectivity index (χ3v) is 4.64. The van der Waals surface area contributed by atoms with Crippen molar-refractivity contribution in [2.75, 3.05) is 13.6 Å². The number of rotatable bonds is 6. The Balaban J connectivity index is 1.96. The lowest BCUT2D eigenvalue weighted by Gasteiger charge is -2.41. The van der Waals surface area contributed by atoms with Gasteiger partial charge in [0.15, 0.2) is 0 Å². The van der Waals surface area contributed by atoms with Crippen molar-refractivity contribution in [1.29, 1.82) is 0 Å². The van der Waals surface area contributed by atoms with Crippen LogP contribution in [0.25, 0.3) is 0 Å². The van der Waals surface area contributed by atoms with Crippen LogP contribution >= 0.6 is 0 Å². The summed E-state index contributed by atoms with van der Waals surface area (Å²) >= 11 is 0. The molecule has 0 aliphatic heterocycles. The fraction of sp³-hybridized carbons (Fsp3) is 0.750. The van der Waals surface area contributed by atoms with Crippen LogP contribution in [0.3, 0.4) is 0 Å². The standard InChI is InChI=1S/C16H28N2O/c1-3-4-13-5-6-15(10-17)16(9-13)18(2)11-14-7-8-19-12-14/h7-8,12-13,15-16H,3-6,9-11,17H2,1-2H3. The highest BCUT2D eigenvalue weighted by Crippen LogP contribution is 2.34. The highest BCUT2D eigenvalue weighted by molar-refractivity contribution is 5.05. The summed E-state index contributed by atoms with van der Waals surface area (Å²) in [7, 11) is 2.23. The molecule has 1 aromatic rings. The van der Waals surface area contributed by atoms with E-state index < -0.39 is 0 Å². The molecule has 3 atom stereocenters. The summed E-state index contributed by atoms with van der Waals surface area (Å²) < 4.78 is 5.16. The van der Waals surface area contributed by atoms with Crippen LogP contribution in [-0.4, -0.2) is 24.5 Å². The maximum absolute atomic E-state index is 5.98. The summed E-state index contributed by atoms with van der Waals surface area (Å²) in [5.74, 6) is 1.55. The monoisotopic (exact) mass is 264 g/mol. The van der Waals surface area contributed by atoms with Crippen LogP contribution in [0.15, 0.2) is 23.0 Å². The maximum atomic E-state index is 5.98. The Labute approximate surface area is 117 Å². The minimum atomic E-state index is 0.630. The third-order valence-electron chi connectivity index (χ3n) is 4.64. The second kappa shape index (κ2) is 7.11. The van der Waals surface area contributed by atoms with Crippen LogP contribution in [0.2, 0.25) is 0 Å². The van der Waals surface area contributed by atoms with Gasteiger partial charge in [-0.3, -0.25) is 4.90 Å². The average molecular weight is 264 g/mol. The molecule has 3 heteroatoms. The molecule has 0 bridgehead atoms. The molecule has 0 saturated heterocycles. The number of furan rings is 1. The molecule has 0 amide bonds. The minimum Gasteiger partial charge on any atom is -0.472 e. The Morgan fingerprint density at radius 3 is 2.89 bits per heavy atom. The van der Waals surface area contributed by atoms with Gasteiger partial charge in [0.2, 0.25) is 0 Å². The normalized spacial score (nSPS) is 27.9. The number of hydrogen-bond acceptors (Lipinski definition) is 3. The van der Waals surface area contributed by atoms with Crippen LogP contribution in [-0.2, 0) is 6.54 Å². The lowest BCUT2D eigenvalue weighted by Crippen LogP contribution is -2.44. The van der Waals surface area contributed by atoms with Gasteiger partial charge in [-0.1, -0.05) is 26.2 Å². The first kappa shape index (κ1) is 14.6. The first-order chi connectivity index (χ1) is 9.24. The minimum absolute atomic E-state index is 0.630. The van der Waals surface area contributed by atoms with Crippen LogP contribution in [0.5, 0.6) is 0 Å². The molecule has 1 aliphatic rings. The van der Waals surface area contributed by atoms with E-state index in [0.717, 1.165) is 19.0 Å². The van der Waals surface area contributed by atoms with Crippen molar-refractivity contribution in [2.24, 2.45) is 17.6 Å². The predicted molar refractivity (Wildman–Crippen MR) is 78.8 cm³/mol. The molecular formula is C16H28N2O. The number of hydrogen-bond donors (Lipinski definition) is 1. The quantitative estimate of drug-likeness (QED) is 0.857. The van der Waals surface area contributed by atoms with Crippen LogP contribution in [0.1, 0.15) is 44.6 Å². The summed E-state index contributed by atoms with van der Waals surface area (Å²) in [6, 6.07) is 2.69. The summed E-state index contributed by atoms with van der Waals surface area (Å²) in [4.78, 5) is 2.48. The molecule has 1 aliphatic carbocycles. The Bertz CT molecular complexity index is 350. The molecule has 1 aromatic heterocycles. The van der Waals surface area contributed by atoms with Crippen LogP contribution in [0, 0.1) is 11.8 Å². The molecule has 1 heterocycles. The molecule has 3 unspecified atom stereocenters. The van der Waals surface area contributed by atoms with Gasteiger partial charge in [-0.25, -0.2) is 0 Å². The summed E-state index contributed by atoms with van der Waals surface area (Å²) in [6.45, 7) is 4.08. The van der Waals surface area contributed by atoms with E-state index in [4.69, 9.17) is 10.2 Å². The first-order valence-corrected chi connectivity index (χ1v) is 7.66. The summed E-state index contributed by atoms with van der Waals surface area (Å²) in [6.07, 6.45) is 10.2. The van der Waals surface area contributed by atoms with Gasteiger partial charge >= 0.3 is 0 Å². The van der Waals surface area contributed by atoms with Crippen molar-refractivity contribution in [3.8, 4) is 0 Å². The lowest BCUT2D eigenvalue weighted by molar-refractivity contribution is 0.0945. The SMILES string of the molecule is CCCC1CCC(CN)C(N(C)Cc2ccoc2)C1. The van der Waals surface area contributed by atoms with E-state index in [2.05, 4.69) is 24.9 Å². The predicted octanol–water partition coefficient (Wildman–Crippen LogP) is 3.26. The van der Waals surface area contributed by atoms with Gasteiger partial charge in [-0.15, -0.1) is 0 Å². The Morgan fingerprint density at radius 1 is 1.42 bits per heavy atom. The van der Waals surface area contributed by atoms with Gasteiger partial charge in [-0.05, 0) is 44.3 Å². The summed E-state index contributed by atoms with van der Waals surface area (Å²) in [5.41, 5.74) is 7.24. The fourth-order valence-corrected chi connectivity index (χ4v) is 3.57. The van der Waals surface area contributed by atoms with E-state index in [1.54, 1.807) is 6.26 Å². The molecule has 2 rings (SSSR count). The largest absolute Gasteiger partial charge is 0.472 e. The second-order valence-electron chi connectivity index (χ2n) is 6.08. The molecule has 0 aromatic carbocycles. The van der Waals surface area contributed by atoms with Crippen LogP contribution in [0.4, 0.5) is 0 Å². The molecule has 1 fully saturated rings. The lowest BCUT2D eigenvalue weighted by atomic mass is 9.76. The van der Waals surface area contributed by atoms with E-state index in [9.17, 15) is 0 Å². The number of nitrogens with zero attached hydrogens (tertiary/aromatic N) is 1. The van der Waals surface area contributed by atoms with E-state index in [1.807, 2.05) is 6.26 Å². The highest BCUT2D eigenvalue weighted by Gasteiger charge is 2.31. The Kier molecular flexibility index (Phi) is 5.46. The molecule has 3 nitrogen and oxygen atoms in total. The zero-order valence-electron chi connectivity index (χ0n) is 12.3. The molecule has 19 heavy (non-hydrogen) atoms. The van der Waals surface area contributed by atoms with Gasteiger partial charge in [0.1, 0.15) is 0 Å². The van der Waals surface area contributed by atoms with Crippen molar-refractivity contribution in [2.45, 2.75) is 51.6 Å². The van der Waals surface area contributed by atoms with Crippen LogP contribution < -0.4 is 5.73 Å². The van der Waals surface area contributed by atoms with Gasteiger partial charge in [0, 0.05) is 18.2 Å². The smallest absolute Gasteiger partial charge is 0.0947 e. The van der Waals surface area contributed by atoms with Crippen molar-refractivity contribution in [3.05, 3.63) is 24.2 Å². The van der Waals surface area contributed by atoms with Crippen molar-refractivity contribution < 1.29 is 4.42 Å². The van der Waals surface area contributed by atoms with Gasteiger partial charge in [-0.2, -0.15) is 0 Å². The topological polar surface area (TPSA) is 42.4 Å². The Morgan fingerprint density at radius 2 is 2.26 bits per heavy atom. The first-order valence-electron chi connectivity index (χ1n) is 7.66. The molecule has 1 saturated carbocycles. The molecule has 108 valence electrons. The second-order valence-corrected chi connectivity index (χ2v) is 6.08. The zero-order valence-corrected chi connectivity index (χ0v) is 12.3. The molecule has 0 radical (unpaired) electrons. The Hall–Kier alpha value is -0.800. The zero-order chi connectivity index (χ0) is 13.7. The van der Waals surface area contributed by atoms with Crippen molar-refractivity contribution in [1.82, 2.24) is 4.90 Å². The highest BCUT2D eigenvalue weighted by atomic mass is 16.3. The summed E-state index contributed by atoms with van der Waals surface area (Å²) in [5, 5.41) is 0. The fourth-order valence-electron chi connectivity index (χ4n) is 3.57. The van der Waals surface area contributed by atoms with Gasteiger partial charge in [0.05, 0.1) is 12.5 Å². The van der Waals surface area contributed by atoms with Gasteiger partial charge < -0.3 is 10.2 Å². The molecule has 0 spiro atoms. The van der Waals surface area contributed by atoms with E-state index in [0.29, 0.717) is 12.0 Å². The maximum Gasteiger partial charge on any atom is 0.0947 e. The van der Waals surface area contributed by atoms with Crippen molar-refractivity contribution in [3.63, 3.8) is 0 Å². The van der Waals surface area contributed by atoms with Gasteiger partial charge in [0.25, 0.3) is 0 Å². The van der Waals surface area contributed by atoms with E-state index >= 15 is 0 Å². The molecular weight excluding hydrogens is 236 g/mol.